The van der Waals surface area contributed by atoms with Crippen LogP contribution in [0.25, 0.3) is 33.3 Å². The molecule has 0 saturated carbocycles. The number of rotatable bonds is 5. The molecule has 2 unspecified atom stereocenters. The fourth-order valence-corrected chi connectivity index (χ4v) is 6.75. The quantitative estimate of drug-likeness (QED) is 0.325. The normalized spacial score (nSPS) is 20.7. The minimum absolute atomic E-state index is 0.524. The molecule has 0 aromatic carbocycles. The lowest BCUT2D eigenvalue weighted by Crippen LogP contribution is -2.68. The van der Waals surface area contributed by atoms with E-state index in [1.165, 1.54) is 22.9 Å². The van der Waals surface area contributed by atoms with Crippen LogP contribution in [0.1, 0.15) is 29.5 Å². The van der Waals surface area contributed by atoms with Crippen LogP contribution in [-0.2, 0) is 18.3 Å². The lowest BCUT2D eigenvalue weighted by Gasteiger charge is -2.56. The van der Waals surface area contributed by atoms with E-state index < -0.39 is 0 Å². The van der Waals surface area contributed by atoms with Gasteiger partial charge < -0.3 is 14.2 Å². The summed E-state index contributed by atoms with van der Waals surface area (Å²) < 4.78 is 9.40. The van der Waals surface area contributed by atoms with Gasteiger partial charge in [0.25, 0.3) is 0 Å². The van der Waals surface area contributed by atoms with Crippen LogP contribution in [-0.4, -0.2) is 67.4 Å². The SMILES string of the molecule is Cn1ccc2cc(CN3C4CC3CN(c3ccc(-c5cc(C6=CCOCC6)cn6ncc(C#N)c56)cn3)C4)cnc21. The number of hydrogen-bond donors (Lipinski definition) is 0. The first kappa shape index (κ1) is 24.3. The molecule has 5 aromatic heterocycles. The molecule has 4 aliphatic heterocycles. The minimum Gasteiger partial charge on any atom is -0.377 e. The second-order valence-corrected chi connectivity index (χ2v) is 11.4. The molecule has 2 bridgehead atoms. The van der Waals surface area contributed by atoms with Crippen LogP contribution in [0.2, 0.25) is 0 Å². The highest BCUT2D eigenvalue weighted by Gasteiger charge is 2.44. The second kappa shape index (κ2) is 9.54. The molecule has 9 rings (SSSR count). The number of pyridine rings is 3. The van der Waals surface area contributed by atoms with Gasteiger partial charge in [-0.2, -0.15) is 10.4 Å². The van der Waals surface area contributed by atoms with Gasteiger partial charge in [0.2, 0.25) is 0 Å². The van der Waals surface area contributed by atoms with Crippen LogP contribution in [0.3, 0.4) is 0 Å². The smallest absolute Gasteiger partial charge is 0.139 e. The van der Waals surface area contributed by atoms with Crippen LogP contribution >= 0.6 is 0 Å². The topological polar surface area (TPSA) is 87.5 Å². The third kappa shape index (κ3) is 4.10. The molecule has 0 radical (unpaired) electrons. The number of ether oxygens (including phenoxy) is 1. The summed E-state index contributed by atoms with van der Waals surface area (Å²) in [5.41, 5.74) is 7.99. The second-order valence-electron chi connectivity index (χ2n) is 11.4. The molecule has 3 saturated heterocycles. The van der Waals surface area contributed by atoms with Gasteiger partial charge >= 0.3 is 0 Å². The molecule has 41 heavy (non-hydrogen) atoms. The Labute approximate surface area is 237 Å². The Morgan fingerprint density at radius 1 is 1.05 bits per heavy atom. The number of piperidine rings is 1. The van der Waals surface area contributed by atoms with Gasteiger partial charge in [0.1, 0.15) is 17.5 Å². The van der Waals surface area contributed by atoms with E-state index in [4.69, 9.17) is 9.72 Å². The maximum Gasteiger partial charge on any atom is 0.139 e. The van der Waals surface area contributed by atoms with Gasteiger partial charge in [0.05, 0.1) is 30.5 Å². The Morgan fingerprint density at radius 2 is 1.95 bits per heavy atom. The van der Waals surface area contributed by atoms with Crippen molar-refractivity contribution in [1.29, 1.82) is 5.26 Å². The van der Waals surface area contributed by atoms with Crippen LogP contribution in [0, 0.1) is 11.3 Å². The molecule has 9 heterocycles. The maximum absolute atomic E-state index is 9.76. The summed E-state index contributed by atoms with van der Waals surface area (Å²) in [6.45, 7) is 4.22. The van der Waals surface area contributed by atoms with Crippen LogP contribution < -0.4 is 4.90 Å². The predicted molar refractivity (Wildman–Crippen MR) is 157 cm³/mol. The number of nitriles is 1. The number of fused-ring (bicyclic) bond motifs is 4. The fourth-order valence-electron chi connectivity index (χ4n) is 6.75. The first-order chi connectivity index (χ1) is 20.1. The molecule has 2 atom stereocenters. The standard InChI is InChI=1S/C32H30N8O/c1-37-7-4-23-10-21(14-35-32(23)37)17-39-27-12-28(39)20-38(19-27)30-3-2-24(15-34-30)29-11-25(22-5-8-41-9-6-22)18-40-31(29)26(13-33)16-36-40/h2-5,7,10-11,14-16,18,27-28H,6,8-9,12,17,19-20H2,1H3. The summed E-state index contributed by atoms with van der Waals surface area (Å²) in [4.78, 5) is 14.6. The first-order valence-corrected chi connectivity index (χ1v) is 14.2. The number of aromatic nitrogens is 5. The molecule has 0 spiro atoms. The van der Waals surface area contributed by atoms with Crippen LogP contribution in [0.15, 0.2) is 67.4 Å². The third-order valence-electron chi connectivity index (χ3n) is 8.92. The Hall–Kier alpha value is -4.52. The minimum atomic E-state index is 0.524. The van der Waals surface area contributed by atoms with E-state index in [2.05, 4.69) is 73.1 Å². The average molecular weight is 543 g/mol. The van der Waals surface area contributed by atoms with E-state index in [1.54, 1.807) is 6.20 Å². The van der Waals surface area contributed by atoms with Gasteiger partial charge in [-0.05, 0) is 59.9 Å². The zero-order chi connectivity index (χ0) is 27.5. The zero-order valence-electron chi connectivity index (χ0n) is 22.9. The van der Waals surface area contributed by atoms with E-state index in [0.29, 0.717) is 30.9 Å². The fraction of sp³-hybridized carbons (Fsp3) is 0.312. The Bertz CT molecular complexity index is 1850. The predicted octanol–water partition coefficient (Wildman–Crippen LogP) is 4.42. The Balaban J connectivity index is 1.03. The number of hydrogen-bond acceptors (Lipinski definition) is 7. The van der Waals surface area contributed by atoms with E-state index in [0.717, 1.165) is 59.7 Å². The summed E-state index contributed by atoms with van der Waals surface area (Å²) in [5.74, 6) is 1.00. The lowest BCUT2D eigenvalue weighted by atomic mass is 9.87. The molecular formula is C32H30N8O. The van der Waals surface area contributed by atoms with Crippen molar-refractivity contribution in [3.63, 3.8) is 0 Å². The molecule has 0 aliphatic carbocycles. The van der Waals surface area contributed by atoms with Crippen molar-refractivity contribution in [3.05, 3.63) is 84.1 Å². The van der Waals surface area contributed by atoms with E-state index in [-0.39, 0.29) is 0 Å². The van der Waals surface area contributed by atoms with Gasteiger partial charge in [-0.25, -0.2) is 14.5 Å². The highest BCUT2D eigenvalue weighted by Crippen LogP contribution is 2.37. The summed E-state index contributed by atoms with van der Waals surface area (Å²) in [7, 11) is 2.04. The summed E-state index contributed by atoms with van der Waals surface area (Å²) in [6.07, 6.45) is 13.9. The maximum atomic E-state index is 9.76. The van der Waals surface area contributed by atoms with Gasteiger partial charge in [0, 0.05) is 80.1 Å². The van der Waals surface area contributed by atoms with Crippen molar-refractivity contribution in [2.75, 3.05) is 31.2 Å². The monoisotopic (exact) mass is 542 g/mol. The Morgan fingerprint density at radius 3 is 2.73 bits per heavy atom. The van der Waals surface area contributed by atoms with Gasteiger partial charge in [-0.3, -0.25) is 4.90 Å². The molecule has 204 valence electrons. The van der Waals surface area contributed by atoms with E-state index in [1.807, 2.05) is 30.2 Å². The van der Waals surface area contributed by atoms with E-state index >= 15 is 0 Å². The number of piperazine rings is 1. The number of nitrogens with zero attached hydrogens (tertiary/aromatic N) is 8. The first-order valence-electron chi connectivity index (χ1n) is 14.2. The van der Waals surface area contributed by atoms with Crippen molar-refractivity contribution >= 4 is 27.9 Å². The molecule has 4 aliphatic rings. The summed E-state index contributed by atoms with van der Waals surface area (Å²) in [5, 5.41) is 15.4. The number of aryl methyl sites for hydroxylation is 1. The average Bonchev–Trinajstić information content (AvgIpc) is 3.62. The molecule has 0 N–H and O–H groups in total. The van der Waals surface area contributed by atoms with Gasteiger partial charge in [-0.15, -0.1) is 0 Å². The van der Waals surface area contributed by atoms with Crippen molar-refractivity contribution < 1.29 is 4.74 Å². The number of anilines is 1. The highest BCUT2D eigenvalue weighted by molar-refractivity contribution is 5.87. The molecular weight excluding hydrogens is 512 g/mol. The highest BCUT2D eigenvalue weighted by atomic mass is 16.5. The van der Waals surface area contributed by atoms with Crippen molar-refractivity contribution in [2.24, 2.45) is 7.05 Å². The van der Waals surface area contributed by atoms with E-state index in [9.17, 15) is 5.26 Å². The summed E-state index contributed by atoms with van der Waals surface area (Å²) >= 11 is 0. The zero-order valence-corrected chi connectivity index (χ0v) is 22.9. The molecule has 3 fully saturated rings. The van der Waals surface area contributed by atoms with Crippen molar-refractivity contribution in [1.82, 2.24) is 29.0 Å². The van der Waals surface area contributed by atoms with Crippen molar-refractivity contribution in [3.8, 4) is 17.2 Å². The summed E-state index contributed by atoms with van der Waals surface area (Å²) in [6, 6.07) is 14.2. The van der Waals surface area contributed by atoms with Gasteiger partial charge in [0.15, 0.2) is 0 Å². The largest absolute Gasteiger partial charge is 0.377 e. The third-order valence-corrected chi connectivity index (χ3v) is 8.92. The van der Waals surface area contributed by atoms with Gasteiger partial charge in [-0.1, -0.05) is 6.08 Å². The van der Waals surface area contributed by atoms with Crippen LogP contribution in [0.5, 0.6) is 0 Å². The lowest BCUT2D eigenvalue weighted by molar-refractivity contribution is -0.00871. The molecule has 9 nitrogen and oxygen atoms in total. The Kier molecular flexibility index (Phi) is 5.65. The molecule has 0 amide bonds. The molecule has 9 heteroatoms. The van der Waals surface area contributed by atoms with Crippen molar-refractivity contribution in [2.45, 2.75) is 31.5 Å². The van der Waals surface area contributed by atoms with Crippen LogP contribution in [0.4, 0.5) is 5.82 Å². The molecule has 5 aromatic rings.